The van der Waals surface area contributed by atoms with Gasteiger partial charge in [-0.1, -0.05) is 19.3 Å². The Bertz CT molecular complexity index is 441. The van der Waals surface area contributed by atoms with E-state index in [1.54, 1.807) is 4.74 Å². The Hall–Kier alpha value is -1.25. The van der Waals surface area contributed by atoms with Gasteiger partial charge in [0.1, 0.15) is 0 Å². The summed E-state index contributed by atoms with van der Waals surface area (Å²) in [6.07, 6.45) is 10.5. The van der Waals surface area contributed by atoms with Crippen molar-refractivity contribution >= 4 is 5.71 Å². The van der Waals surface area contributed by atoms with Gasteiger partial charge in [-0.3, -0.25) is 5.21 Å². The topological polar surface area (TPSA) is 39.0 Å². The molecule has 0 radical (unpaired) electrons. The van der Waals surface area contributed by atoms with Crippen LogP contribution in [-0.2, 0) is 6.42 Å². The molecule has 0 aromatic carbocycles. The summed E-state index contributed by atoms with van der Waals surface area (Å²) in [5, 5.41) is 10.4. The number of hydrogen-bond donors (Lipinski definition) is 2. The lowest BCUT2D eigenvalue weighted by Crippen LogP contribution is -2.40. The number of hydrogen-bond acceptors (Lipinski definition) is 1. The minimum Gasteiger partial charge on any atom is -0.365 e. The van der Waals surface area contributed by atoms with E-state index in [2.05, 4.69) is 18.0 Å². The Morgan fingerprint density at radius 3 is 2.83 bits per heavy atom. The van der Waals surface area contributed by atoms with Crippen LogP contribution in [0.3, 0.4) is 0 Å². The fourth-order valence-electron chi connectivity index (χ4n) is 4.01. The number of nitrogens with one attached hydrogen (secondary N) is 1. The molecule has 1 spiro atoms. The van der Waals surface area contributed by atoms with E-state index in [0.29, 0.717) is 5.41 Å². The van der Waals surface area contributed by atoms with Crippen molar-refractivity contribution in [3.63, 3.8) is 0 Å². The second kappa shape index (κ2) is 4.45. The normalized spacial score (nSPS) is 27.1. The van der Waals surface area contributed by atoms with E-state index >= 15 is 0 Å². The molecule has 2 heterocycles. The summed E-state index contributed by atoms with van der Waals surface area (Å²) < 4.78 is 1.56. The number of aromatic nitrogens is 1. The summed E-state index contributed by atoms with van der Waals surface area (Å²) in [7, 11) is 0. The van der Waals surface area contributed by atoms with Gasteiger partial charge in [-0.2, -0.15) is 0 Å². The minimum absolute atomic E-state index is 0.261. The first kappa shape index (κ1) is 11.8. The van der Waals surface area contributed by atoms with E-state index in [-0.39, 0.29) is 6.04 Å². The third-order valence-electron chi connectivity index (χ3n) is 4.93. The van der Waals surface area contributed by atoms with Gasteiger partial charge in [-0.25, -0.2) is 0 Å². The van der Waals surface area contributed by atoms with Crippen molar-refractivity contribution in [3.05, 3.63) is 24.0 Å². The first-order valence-electron chi connectivity index (χ1n) is 7.14. The highest BCUT2D eigenvalue weighted by Crippen LogP contribution is 2.47. The molecule has 0 bridgehead atoms. The molecule has 1 unspecified atom stereocenters. The average Bonchev–Trinajstić information content (AvgIpc) is 2.95. The zero-order chi connectivity index (χ0) is 12.6. The number of aromatic amines is 1. The largest absolute Gasteiger partial charge is 0.365 e. The highest BCUT2D eigenvalue weighted by atomic mass is 16.5. The standard InChI is InChI=1S/C15H23N2O/c1-12-11-15(7-3-2-4-8-15)14(17(12)18)10-13-6-5-9-16-13/h5-6,9,14,16,18H,2-4,7-8,10-11H2,1H3/q+1. The Kier molecular flexibility index (Phi) is 2.92. The van der Waals surface area contributed by atoms with Gasteiger partial charge in [0.15, 0.2) is 0 Å². The molecular weight excluding hydrogens is 224 g/mol. The lowest BCUT2D eigenvalue weighted by molar-refractivity contribution is -0.801. The first-order chi connectivity index (χ1) is 8.71. The number of hydroxylamine groups is 1. The summed E-state index contributed by atoms with van der Waals surface area (Å²) >= 11 is 0. The van der Waals surface area contributed by atoms with Crippen molar-refractivity contribution in [3.8, 4) is 0 Å². The molecule has 1 aliphatic carbocycles. The molecule has 1 saturated carbocycles. The SMILES string of the molecule is CC1=[N+](O)C(Cc2ccc[nH]2)C2(CCCCC2)C1. The minimum atomic E-state index is 0.261. The van der Waals surface area contributed by atoms with E-state index in [1.165, 1.54) is 37.8 Å². The van der Waals surface area contributed by atoms with E-state index in [4.69, 9.17) is 0 Å². The Morgan fingerprint density at radius 2 is 2.17 bits per heavy atom. The van der Waals surface area contributed by atoms with E-state index in [0.717, 1.165) is 18.6 Å². The van der Waals surface area contributed by atoms with Crippen molar-refractivity contribution in [2.24, 2.45) is 5.41 Å². The second-order valence-corrected chi connectivity index (χ2v) is 6.09. The summed E-state index contributed by atoms with van der Waals surface area (Å²) in [6.45, 7) is 2.07. The zero-order valence-corrected chi connectivity index (χ0v) is 11.2. The molecule has 18 heavy (non-hydrogen) atoms. The van der Waals surface area contributed by atoms with Gasteiger partial charge < -0.3 is 4.98 Å². The first-order valence-corrected chi connectivity index (χ1v) is 7.14. The molecule has 1 aliphatic heterocycles. The molecule has 2 N–H and O–H groups in total. The summed E-state index contributed by atoms with van der Waals surface area (Å²) in [5.41, 5.74) is 2.70. The van der Waals surface area contributed by atoms with Crippen LogP contribution in [0.15, 0.2) is 18.3 Å². The maximum absolute atomic E-state index is 10.4. The van der Waals surface area contributed by atoms with Crippen LogP contribution in [0.25, 0.3) is 0 Å². The summed E-state index contributed by atoms with van der Waals surface area (Å²) in [6, 6.07) is 4.42. The van der Waals surface area contributed by atoms with Gasteiger partial charge in [0.25, 0.3) is 0 Å². The van der Waals surface area contributed by atoms with Crippen molar-refractivity contribution in [1.29, 1.82) is 0 Å². The molecule has 1 atom stereocenters. The molecule has 1 aromatic heterocycles. The lowest BCUT2D eigenvalue weighted by Gasteiger charge is -2.34. The fraction of sp³-hybridized carbons (Fsp3) is 0.667. The number of rotatable bonds is 2. The van der Waals surface area contributed by atoms with Crippen LogP contribution < -0.4 is 0 Å². The van der Waals surface area contributed by atoms with Crippen LogP contribution in [0.5, 0.6) is 0 Å². The van der Waals surface area contributed by atoms with Gasteiger partial charge in [-0.05, 0) is 29.7 Å². The van der Waals surface area contributed by atoms with Crippen LogP contribution in [0.2, 0.25) is 0 Å². The quantitative estimate of drug-likeness (QED) is 0.611. The van der Waals surface area contributed by atoms with Crippen LogP contribution in [-0.4, -0.2) is 26.7 Å². The van der Waals surface area contributed by atoms with Crippen molar-refractivity contribution in [1.82, 2.24) is 4.98 Å². The molecule has 1 aromatic rings. The third kappa shape index (κ3) is 1.86. The maximum Gasteiger partial charge on any atom is 0.213 e. The highest BCUT2D eigenvalue weighted by molar-refractivity contribution is 5.79. The van der Waals surface area contributed by atoms with Crippen LogP contribution in [0, 0.1) is 5.41 Å². The smallest absolute Gasteiger partial charge is 0.213 e. The monoisotopic (exact) mass is 247 g/mol. The van der Waals surface area contributed by atoms with Crippen molar-refractivity contribution < 1.29 is 9.95 Å². The van der Waals surface area contributed by atoms with Crippen LogP contribution >= 0.6 is 0 Å². The van der Waals surface area contributed by atoms with Gasteiger partial charge in [0, 0.05) is 30.7 Å². The Balaban J connectivity index is 1.86. The molecule has 0 saturated heterocycles. The molecule has 3 heteroatoms. The molecular formula is C15H23N2O+. The van der Waals surface area contributed by atoms with E-state index in [1.807, 2.05) is 12.3 Å². The Labute approximate surface area is 108 Å². The summed E-state index contributed by atoms with van der Waals surface area (Å²) in [5.74, 6) is 0. The van der Waals surface area contributed by atoms with E-state index in [9.17, 15) is 5.21 Å². The highest BCUT2D eigenvalue weighted by Gasteiger charge is 2.53. The van der Waals surface area contributed by atoms with Crippen molar-refractivity contribution in [2.45, 2.75) is 57.9 Å². The molecule has 98 valence electrons. The van der Waals surface area contributed by atoms with Gasteiger partial charge >= 0.3 is 0 Å². The zero-order valence-electron chi connectivity index (χ0n) is 11.2. The predicted octanol–water partition coefficient (Wildman–Crippen LogP) is 3.14. The lowest BCUT2D eigenvalue weighted by atomic mass is 9.67. The van der Waals surface area contributed by atoms with Gasteiger partial charge in [0.2, 0.25) is 11.8 Å². The Morgan fingerprint density at radius 1 is 1.39 bits per heavy atom. The second-order valence-electron chi connectivity index (χ2n) is 6.09. The molecule has 3 rings (SSSR count). The molecule has 0 amide bonds. The molecule has 1 fully saturated rings. The predicted molar refractivity (Wildman–Crippen MR) is 71.1 cm³/mol. The van der Waals surface area contributed by atoms with Crippen molar-refractivity contribution in [2.75, 3.05) is 0 Å². The molecule has 3 nitrogen and oxygen atoms in total. The van der Waals surface area contributed by atoms with E-state index < -0.39 is 0 Å². The number of nitrogens with zero attached hydrogens (tertiary/aromatic N) is 1. The number of H-pyrrole nitrogens is 1. The van der Waals surface area contributed by atoms with Gasteiger partial charge in [0.05, 0.1) is 6.42 Å². The van der Waals surface area contributed by atoms with Gasteiger partial charge in [-0.15, -0.1) is 0 Å². The van der Waals surface area contributed by atoms with Crippen LogP contribution in [0.4, 0.5) is 0 Å². The summed E-state index contributed by atoms with van der Waals surface area (Å²) in [4.78, 5) is 3.27. The fourth-order valence-corrected chi connectivity index (χ4v) is 4.01. The molecule has 2 aliphatic rings. The maximum atomic E-state index is 10.4. The average molecular weight is 247 g/mol. The van der Waals surface area contributed by atoms with Crippen LogP contribution in [0.1, 0.15) is 51.1 Å². The third-order valence-corrected chi connectivity index (χ3v) is 4.93.